The summed E-state index contributed by atoms with van der Waals surface area (Å²) >= 11 is 5.85. The normalized spacial score (nSPS) is 10.5. The minimum atomic E-state index is -0.350. The summed E-state index contributed by atoms with van der Waals surface area (Å²) in [6.07, 6.45) is 1.49. The van der Waals surface area contributed by atoms with Crippen molar-refractivity contribution in [3.63, 3.8) is 0 Å². The number of nitrogens with zero attached hydrogens (tertiary/aromatic N) is 3. The van der Waals surface area contributed by atoms with Crippen LogP contribution in [0.15, 0.2) is 54.9 Å². The lowest BCUT2D eigenvalue weighted by Crippen LogP contribution is -2.14. The highest BCUT2D eigenvalue weighted by molar-refractivity contribution is 6.30. The molecule has 0 bridgehead atoms. The Hall–Kier alpha value is -2.66. The molecule has 110 valence electrons. The van der Waals surface area contributed by atoms with Gasteiger partial charge in [0, 0.05) is 10.7 Å². The Morgan fingerprint density at radius 2 is 1.77 bits per heavy atom. The van der Waals surface area contributed by atoms with Gasteiger partial charge in [-0.15, -0.1) is 5.10 Å². The van der Waals surface area contributed by atoms with Gasteiger partial charge in [-0.05, 0) is 43.3 Å². The van der Waals surface area contributed by atoms with E-state index in [-0.39, 0.29) is 11.7 Å². The minimum absolute atomic E-state index is 0.107. The van der Waals surface area contributed by atoms with Crippen LogP contribution in [0.4, 0.5) is 5.69 Å². The number of carbonyl (C=O) groups excluding carboxylic acids is 1. The molecule has 0 aliphatic rings. The molecule has 2 aromatic carbocycles. The number of halogens is 1. The molecule has 1 N–H and O–H groups in total. The van der Waals surface area contributed by atoms with Gasteiger partial charge in [-0.3, -0.25) is 4.79 Å². The molecule has 1 heterocycles. The summed E-state index contributed by atoms with van der Waals surface area (Å²) in [6.45, 7) is 1.99. The summed E-state index contributed by atoms with van der Waals surface area (Å²) in [5.41, 5.74) is 2.62. The summed E-state index contributed by atoms with van der Waals surface area (Å²) in [5.74, 6) is -0.243. The highest BCUT2D eigenvalue weighted by Gasteiger charge is 2.12. The van der Waals surface area contributed by atoms with Gasteiger partial charge in [-0.2, -0.15) is 0 Å². The van der Waals surface area contributed by atoms with E-state index in [4.69, 9.17) is 11.6 Å². The lowest BCUT2D eigenvalue weighted by Gasteiger charge is -2.03. The Morgan fingerprint density at radius 1 is 1.09 bits per heavy atom. The van der Waals surface area contributed by atoms with Crippen LogP contribution in [-0.2, 0) is 0 Å². The van der Waals surface area contributed by atoms with Gasteiger partial charge in [-0.25, -0.2) is 9.67 Å². The summed E-state index contributed by atoms with van der Waals surface area (Å²) in [6, 6.07) is 14.6. The van der Waals surface area contributed by atoms with Gasteiger partial charge < -0.3 is 5.32 Å². The maximum absolute atomic E-state index is 12.1. The number of aryl methyl sites for hydroxylation is 1. The summed E-state index contributed by atoms with van der Waals surface area (Å²) in [5, 5.41) is 7.58. The third-order valence-corrected chi connectivity index (χ3v) is 3.35. The molecule has 0 radical (unpaired) electrons. The Labute approximate surface area is 132 Å². The van der Waals surface area contributed by atoms with Crippen molar-refractivity contribution in [3.8, 4) is 5.69 Å². The van der Waals surface area contributed by atoms with Gasteiger partial charge in [0.15, 0.2) is 0 Å². The second-order valence-electron chi connectivity index (χ2n) is 4.81. The molecule has 1 amide bonds. The fraction of sp³-hybridized carbons (Fsp3) is 0.0625. The minimum Gasteiger partial charge on any atom is -0.319 e. The van der Waals surface area contributed by atoms with Crippen LogP contribution in [0.25, 0.3) is 5.69 Å². The molecule has 22 heavy (non-hydrogen) atoms. The molecule has 0 fully saturated rings. The van der Waals surface area contributed by atoms with Crippen LogP contribution in [0.5, 0.6) is 0 Å². The Bertz CT molecular complexity index is 794. The topological polar surface area (TPSA) is 59.8 Å². The second-order valence-corrected chi connectivity index (χ2v) is 5.25. The average Bonchev–Trinajstić information content (AvgIpc) is 3.00. The van der Waals surface area contributed by atoms with Crippen LogP contribution in [0.1, 0.15) is 16.2 Å². The smallest absolute Gasteiger partial charge is 0.295 e. The van der Waals surface area contributed by atoms with Crippen molar-refractivity contribution in [2.45, 2.75) is 6.92 Å². The highest BCUT2D eigenvalue weighted by atomic mass is 35.5. The van der Waals surface area contributed by atoms with Crippen molar-refractivity contribution < 1.29 is 4.79 Å². The predicted octanol–water partition coefficient (Wildman–Crippen LogP) is 3.48. The quantitative estimate of drug-likeness (QED) is 0.805. The van der Waals surface area contributed by atoms with E-state index in [1.165, 1.54) is 11.0 Å². The maximum Gasteiger partial charge on any atom is 0.295 e. The third-order valence-electron chi connectivity index (χ3n) is 3.10. The molecule has 6 heteroatoms. The van der Waals surface area contributed by atoms with Gasteiger partial charge in [-0.1, -0.05) is 29.3 Å². The van der Waals surface area contributed by atoms with Crippen LogP contribution in [0.3, 0.4) is 0 Å². The van der Waals surface area contributed by atoms with Crippen molar-refractivity contribution in [1.82, 2.24) is 14.8 Å². The standard InChI is InChI=1S/C16H13ClN4O/c1-11-2-6-13(7-3-11)19-16(22)15-18-10-21(20-15)14-8-4-12(17)5-9-14/h2-10H,1H3,(H,19,22). The first-order valence-electron chi connectivity index (χ1n) is 6.67. The van der Waals surface area contributed by atoms with E-state index in [0.29, 0.717) is 10.7 Å². The van der Waals surface area contributed by atoms with E-state index in [1.54, 1.807) is 24.3 Å². The van der Waals surface area contributed by atoms with Crippen molar-refractivity contribution >= 4 is 23.2 Å². The van der Waals surface area contributed by atoms with Crippen LogP contribution >= 0.6 is 11.6 Å². The molecular formula is C16H13ClN4O. The molecule has 0 saturated heterocycles. The van der Waals surface area contributed by atoms with Crippen molar-refractivity contribution in [3.05, 3.63) is 71.3 Å². The number of carbonyl (C=O) groups is 1. The monoisotopic (exact) mass is 312 g/mol. The van der Waals surface area contributed by atoms with Crippen LogP contribution in [-0.4, -0.2) is 20.7 Å². The van der Waals surface area contributed by atoms with E-state index < -0.39 is 0 Å². The molecular weight excluding hydrogens is 300 g/mol. The first kappa shape index (κ1) is 14.3. The zero-order valence-electron chi connectivity index (χ0n) is 11.8. The molecule has 0 spiro atoms. The molecule has 3 aromatic rings. The largest absolute Gasteiger partial charge is 0.319 e. The third kappa shape index (κ3) is 3.15. The first-order valence-corrected chi connectivity index (χ1v) is 7.05. The number of aromatic nitrogens is 3. The van der Waals surface area contributed by atoms with E-state index in [2.05, 4.69) is 15.4 Å². The lowest BCUT2D eigenvalue weighted by atomic mass is 10.2. The SMILES string of the molecule is Cc1ccc(NC(=O)c2ncn(-c3ccc(Cl)cc3)n2)cc1. The fourth-order valence-corrected chi connectivity index (χ4v) is 2.04. The maximum atomic E-state index is 12.1. The number of amides is 1. The molecule has 1 aromatic heterocycles. The number of hydrogen-bond acceptors (Lipinski definition) is 3. The summed E-state index contributed by atoms with van der Waals surface area (Å²) in [4.78, 5) is 16.2. The Balaban J connectivity index is 1.76. The van der Waals surface area contributed by atoms with Crippen molar-refractivity contribution in [1.29, 1.82) is 0 Å². The molecule has 0 aliphatic heterocycles. The van der Waals surface area contributed by atoms with Gasteiger partial charge >= 0.3 is 0 Å². The predicted molar refractivity (Wildman–Crippen MR) is 85.5 cm³/mol. The number of anilines is 1. The zero-order valence-corrected chi connectivity index (χ0v) is 12.6. The average molecular weight is 313 g/mol. The van der Waals surface area contributed by atoms with Crippen LogP contribution < -0.4 is 5.32 Å². The lowest BCUT2D eigenvalue weighted by molar-refractivity contribution is 0.101. The highest BCUT2D eigenvalue weighted by Crippen LogP contribution is 2.13. The molecule has 0 atom stereocenters. The van der Waals surface area contributed by atoms with Gasteiger partial charge in [0.1, 0.15) is 6.33 Å². The van der Waals surface area contributed by atoms with Crippen LogP contribution in [0.2, 0.25) is 5.02 Å². The second kappa shape index (κ2) is 5.99. The van der Waals surface area contributed by atoms with Gasteiger partial charge in [0.25, 0.3) is 5.91 Å². The molecule has 0 aliphatic carbocycles. The van der Waals surface area contributed by atoms with E-state index in [9.17, 15) is 4.79 Å². The van der Waals surface area contributed by atoms with Gasteiger partial charge in [0.2, 0.25) is 5.82 Å². The molecule has 3 rings (SSSR count). The number of rotatable bonds is 3. The fourth-order valence-electron chi connectivity index (χ4n) is 1.91. The summed E-state index contributed by atoms with van der Waals surface area (Å²) < 4.78 is 1.53. The number of nitrogens with one attached hydrogen (secondary N) is 1. The summed E-state index contributed by atoms with van der Waals surface area (Å²) in [7, 11) is 0. The number of hydrogen-bond donors (Lipinski definition) is 1. The van der Waals surface area contributed by atoms with E-state index in [1.807, 2.05) is 31.2 Å². The number of benzene rings is 2. The molecule has 5 nitrogen and oxygen atoms in total. The molecule has 0 unspecified atom stereocenters. The molecule has 0 saturated carbocycles. The first-order chi connectivity index (χ1) is 10.6. The van der Waals surface area contributed by atoms with Gasteiger partial charge in [0.05, 0.1) is 5.69 Å². The Kier molecular flexibility index (Phi) is 3.89. The van der Waals surface area contributed by atoms with Crippen LogP contribution in [0, 0.1) is 6.92 Å². The van der Waals surface area contributed by atoms with E-state index >= 15 is 0 Å². The zero-order chi connectivity index (χ0) is 15.5. The Morgan fingerprint density at radius 3 is 2.45 bits per heavy atom. The van der Waals surface area contributed by atoms with E-state index in [0.717, 1.165) is 11.3 Å². The van der Waals surface area contributed by atoms with Crippen molar-refractivity contribution in [2.75, 3.05) is 5.32 Å². The van der Waals surface area contributed by atoms with Crippen molar-refractivity contribution in [2.24, 2.45) is 0 Å².